The van der Waals surface area contributed by atoms with Crippen molar-refractivity contribution in [3.05, 3.63) is 119 Å². The number of amides is 2. The number of carbonyl (C=O) groups is 2. The van der Waals surface area contributed by atoms with Crippen LogP contribution in [0.3, 0.4) is 0 Å². The van der Waals surface area contributed by atoms with E-state index in [0.717, 1.165) is 18.2 Å². The van der Waals surface area contributed by atoms with Crippen LogP contribution in [0.4, 0.5) is 23.4 Å². The summed E-state index contributed by atoms with van der Waals surface area (Å²) in [5, 5.41) is 8.79. The van der Waals surface area contributed by atoms with Crippen LogP contribution in [0.15, 0.2) is 73.2 Å². The molecule has 0 aliphatic heterocycles. The van der Waals surface area contributed by atoms with Gasteiger partial charge in [0.15, 0.2) is 5.82 Å². The zero-order valence-corrected chi connectivity index (χ0v) is 23.6. The van der Waals surface area contributed by atoms with Crippen LogP contribution in [0, 0.1) is 23.3 Å². The van der Waals surface area contributed by atoms with E-state index >= 15 is 0 Å². The molecule has 11 heteroatoms. The van der Waals surface area contributed by atoms with E-state index in [-0.39, 0.29) is 24.0 Å². The summed E-state index contributed by atoms with van der Waals surface area (Å²) in [5.41, 5.74) is 0.746. The standard InChI is InChI=1S/C32H31F4N5O2/c1-32(2,31(43)37-16-21-8-10-22(33)13-26(21)35)41-17-28(38-18-41)40-30(42)29(19-6-4-3-5-7-19)39-24-11-9-20-12-23(34)14-27(36)25(20)15-24/h3-8,10,12-14,17-18,24,29,39H,9,11,15-16H2,1-2H3,(H,37,43)(H,40,42)/t24?,29-/m0/s1. The first-order valence-corrected chi connectivity index (χ1v) is 13.9. The quantitative estimate of drug-likeness (QED) is 0.230. The predicted octanol–water partition coefficient (Wildman–Crippen LogP) is 5.32. The van der Waals surface area contributed by atoms with E-state index in [1.54, 1.807) is 26.0 Å². The average Bonchev–Trinajstić information content (AvgIpc) is 3.45. The summed E-state index contributed by atoms with van der Waals surface area (Å²) >= 11 is 0. The highest BCUT2D eigenvalue weighted by Crippen LogP contribution is 2.28. The fourth-order valence-electron chi connectivity index (χ4n) is 5.20. The molecule has 0 bridgehead atoms. The molecular weight excluding hydrogens is 562 g/mol. The third-order valence-corrected chi connectivity index (χ3v) is 7.75. The molecule has 2 atom stereocenters. The Hall–Kier alpha value is -4.51. The highest BCUT2D eigenvalue weighted by atomic mass is 19.1. The molecule has 5 rings (SSSR count). The molecule has 0 radical (unpaired) electrons. The lowest BCUT2D eigenvalue weighted by Gasteiger charge is -2.30. The summed E-state index contributed by atoms with van der Waals surface area (Å²) < 4.78 is 56.9. The van der Waals surface area contributed by atoms with E-state index < -0.39 is 46.7 Å². The van der Waals surface area contributed by atoms with Crippen molar-refractivity contribution in [1.82, 2.24) is 20.2 Å². The maximum Gasteiger partial charge on any atom is 0.247 e. The third-order valence-electron chi connectivity index (χ3n) is 7.75. The van der Waals surface area contributed by atoms with E-state index in [1.165, 1.54) is 29.2 Å². The zero-order valence-electron chi connectivity index (χ0n) is 23.6. The molecule has 1 aromatic heterocycles. The Balaban J connectivity index is 1.27. The van der Waals surface area contributed by atoms with Gasteiger partial charge in [0.2, 0.25) is 11.8 Å². The van der Waals surface area contributed by atoms with Crippen molar-refractivity contribution in [3.63, 3.8) is 0 Å². The molecule has 0 saturated heterocycles. The Morgan fingerprint density at radius 1 is 1.00 bits per heavy atom. The molecule has 1 unspecified atom stereocenters. The molecule has 0 fully saturated rings. The molecule has 1 aliphatic rings. The van der Waals surface area contributed by atoms with E-state index in [2.05, 4.69) is 20.9 Å². The highest BCUT2D eigenvalue weighted by Gasteiger charge is 2.31. The molecule has 4 aromatic rings. The number of halogens is 4. The number of rotatable bonds is 9. The summed E-state index contributed by atoms with van der Waals surface area (Å²) in [5.74, 6) is -3.32. The predicted molar refractivity (Wildman–Crippen MR) is 153 cm³/mol. The smallest absolute Gasteiger partial charge is 0.247 e. The molecule has 1 heterocycles. The Labute approximate surface area is 246 Å². The van der Waals surface area contributed by atoms with Gasteiger partial charge in [-0.3, -0.25) is 14.9 Å². The maximum atomic E-state index is 14.5. The molecule has 2 amide bonds. The topological polar surface area (TPSA) is 88.1 Å². The number of nitrogens with one attached hydrogen (secondary N) is 3. The molecule has 0 saturated carbocycles. The van der Waals surface area contributed by atoms with Crippen molar-refractivity contribution < 1.29 is 27.2 Å². The van der Waals surface area contributed by atoms with Gasteiger partial charge in [-0.15, -0.1) is 0 Å². The molecule has 7 nitrogen and oxygen atoms in total. The Kier molecular flexibility index (Phi) is 8.63. The fourth-order valence-corrected chi connectivity index (χ4v) is 5.20. The van der Waals surface area contributed by atoms with E-state index in [1.807, 2.05) is 18.2 Å². The minimum atomic E-state index is -1.16. The monoisotopic (exact) mass is 593 g/mol. The van der Waals surface area contributed by atoms with Crippen molar-refractivity contribution in [2.75, 3.05) is 5.32 Å². The summed E-state index contributed by atoms with van der Waals surface area (Å²) in [7, 11) is 0. The van der Waals surface area contributed by atoms with Gasteiger partial charge in [0.05, 0.1) is 6.33 Å². The number of benzene rings is 3. The number of nitrogens with zero attached hydrogens (tertiary/aromatic N) is 2. The fraction of sp³-hybridized carbons (Fsp3) is 0.281. The molecular formula is C32H31F4N5O2. The minimum absolute atomic E-state index is 0.137. The molecule has 1 aliphatic carbocycles. The Morgan fingerprint density at radius 3 is 2.49 bits per heavy atom. The number of aromatic nitrogens is 2. The van der Waals surface area contributed by atoms with E-state index in [4.69, 9.17) is 0 Å². The lowest BCUT2D eigenvalue weighted by molar-refractivity contribution is -0.128. The summed E-state index contributed by atoms with van der Waals surface area (Å²) in [6.45, 7) is 3.13. The number of carbonyl (C=O) groups excluding carboxylic acids is 2. The van der Waals surface area contributed by atoms with Crippen LogP contribution in [0.1, 0.15) is 48.6 Å². The average molecular weight is 594 g/mol. The van der Waals surface area contributed by atoms with Crippen LogP contribution >= 0.6 is 0 Å². The van der Waals surface area contributed by atoms with Gasteiger partial charge < -0.3 is 15.2 Å². The second-order valence-electron chi connectivity index (χ2n) is 11.1. The van der Waals surface area contributed by atoms with Crippen molar-refractivity contribution in [2.45, 2.75) is 57.3 Å². The van der Waals surface area contributed by atoms with Gasteiger partial charge in [-0.05, 0) is 61.9 Å². The first-order valence-electron chi connectivity index (χ1n) is 13.9. The summed E-state index contributed by atoms with van der Waals surface area (Å²) in [4.78, 5) is 30.8. The second kappa shape index (κ2) is 12.4. The first-order chi connectivity index (χ1) is 20.5. The number of imidazole rings is 1. The number of hydrogen-bond acceptors (Lipinski definition) is 4. The SMILES string of the molecule is CC(C)(C(=O)NCc1ccc(F)cc1F)n1cnc(NC(=O)[C@@H](NC2CCc3cc(F)cc(F)c3C2)c2ccccc2)c1. The van der Waals surface area contributed by atoms with Gasteiger partial charge in [-0.2, -0.15) is 0 Å². The minimum Gasteiger partial charge on any atom is -0.350 e. The van der Waals surface area contributed by atoms with Crippen molar-refractivity contribution in [1.29, 1.82) is 0 Å². The molecule has 43 heavy (non-hydrogen) atoms. The van der Waals surface area contributed by atoms with Gasteiger partial charge >= 0.3 is 0 Å². The van der Waals surface area contributed by atoms with Crippen LogP contribution in [-0.2, 0) is 34.5 Å². The van der Waals surface area contributed by atoms with Crippen molar-refractivity contribution >= 4 is 17.6 Å². The highest BCUT2D eigenvalue weighted by molar-refractivity contribution is 5.95. The zero-order chi connectivity index (χ0) is 30.7. The van der Waals surface area contributed by atoms with Crippen LogP contribution in [0.25, 0.3) is 0 Å². The van der Waals surface area contributed by atoms with Gasteiger partial charge in [0.1, 0.15) is 34.8 Å². The van der Waals surface area contributed by atoms with Crippen LogP contribution in [0.2, 0.25) is 0 Å². The largest absolute Gasteiger partial charge is 0.350 e. The van der Waals surface area contributed by atoms with Gasteiger partial charge in [-0.25, -0.2) is 22.5 Å². The lowest BCUT2D eigenvalue weighted by atomic mass is 9.87. The summed E-state index contributed by atoms with van der Waals surface area (Å²) in [6.07, 6.45) is 4.28. The Bertz CT molecular complexity index is 1640. The number of aryl methyl sites for hydroxylation is 1. The first kappa shape index (κ1) is 30.0. The molecule has 224 valence electrons. The lowest BCUT2D eigenvalue weighted by Crippen LogP contribution is -2.43. The van der Waals surface area contributed by atoms with Crippen molar-refractivity contribution in [3.8, 4) is 0 Å². The third kappa shape index (κ3) is 6.77. The van der Waals surface area contributed by atoms with Gasteiger partial charge in [0, 0.05) is 36.5 Å². The molecule has 3 N–H and O–H groups in total. The van der Waals surface area contributed by atoms with Gasteiger partial charge in [-0.1, -0.05) is 36.4 Å². The number of fused-ring (bicyclic) bond motifs is 1. The van der Waals surface area contributed by atoms with Crippen LogP contribution in [-0.4, -0.2) is 27.4 Å². The number of anilines is 1. The van der Waals surface area contributed by atoms with Crippen LogP contribution in [0.5, 0.6) is 0 Å². The number of hydrogen-bond donors (Lipinski definition) is 3. The van der Waals surface area contributed by atoms with E-state index in [9.17, 15) is 27.2 Å². The van der Waals surface area contributed by atoms with Gasteiger partial charge in [0.25, 0.3) is 0 Å². The maximum absolute atomic E-state index is 14.5. The summed E-state index contributed by atoms with van der Waals surface area (Å²) in [6, 6.07) is 13.4. The molecule has 3 aromatic carbocycles. The Morgan fingerprint density at radius 2 is 1.74 bits per heavy atom. The normalized spacial score (nSPS) is 15.4. The molecule has 0 spiro atoms. The second-order valence-corrected chi connectivity index (χ2v) is 11.1. The van der Waals surface area contributed by atoms with Crippen LogP contribution < -0.4 is 16.0 Å². The van der Waals surface area contributed by atoms with Crippen molar-refractivity contribution in [2.24, 2.45) is 0 Å². The van der Waals surface area contributed by atoms with E-state index in [0.29, 0.717) is 36.0 Å².